The van der Waals surface area contributed by atoms with Gasteiger partial charge in [0.1, 0.15) is 6.07 Å². The largest absolute Gasteiger partial charge is 0.341 e. The molecule has 2 rings (SSSR count). The number of hydrogen-bond donors (Lipinski definition) is 0. The molecule has 0 saturated heterocycles. The molecule has 2 aromatic heterocycles. The van der Waals surface area contributed by atoms with Gasteiger partial charge >= 0.3 is 0 Å². The number of carbonyl (C=O) groups excluding carboxylic acids is 1. The second-order valence-corrected chi connectivity index (χ2v) is 4.33. The first-order valence-corrected chi connectivity index (χ1v) is 6.22. The third-order valence-corrected chi connectivity index (χ3v) is 2.95. The zero-order valence-corrected chi connectivity index (χ0v) is 11.2. The fourth-order valence-electron chi connectivity index (χ4n) is 1.80. The van der Waals surface area contributed by atoms with Crippen LogP contribution in [0.1, 0.15) is 21.6 Å². The zero-order valence-electron chi connectivity index (χ0n) is 11.2. The van der Waals surface area contributed by atoms with Crippen LogP contribution in [0.5, 0.6) is 0 Å². The van der Waals surface area contributed by atoms with E-state index < -0.39 is 0 Å². The summed E-state index contributed by atoms with van der Waals surface area (Å²) >= 11 is 0. The van der Waals surface area contributed by atoms with Crippen molar-refractivity contribution in [2.75, 3.05) is 13.6 Å². The van der Waals surface area contributed by atoms with Gasteiger partial charge in [-0.1, -0.05) is 6.07 Å². The first kappa shape index (κ1) is 13.7. The van der Waals surface area contributed by atoms with Crippen molar-refractivity contribution >= 4 is 5.91 Å². The lowest BCUT2D eigenvalue weighted by molar-refractivity contribution is 0.0795. The third kappa shape index (κ3) is 3.18. The molecule has 0 fully saturated rings. The Kier molecular flexibility index (Phi) is 4.40. The zero-order chi connectivity index (χ0) is 14.4. The number of hydrogen-bond acceptors (Lipinski definition) is 4. The average molecular weight is 266 g/mol. The Balaban J connectivity index is 2.04. The van der Waals surface area contributed by atoms with E-state index in [2.05, 4.69) is 9.97 Å². The molecule has 0 spiro atoms. The van der Waals surface area contributed by atoms with Crippen LogP contribution in [0.4, 0.5) is 0 Å². The minimum absolute atomic E-state index is 0.203. The fourth-order valence-corrected chi connectivity index (χ4v) is 1.80. The number of aromatic nitrogens is 2. The van der Waals surface area contributed by atoms with Gasteiger partial charge in [0.2, 0.25) is 0 Å². The highest BCUT2D eigenvalue weighted by Crippen LogP contribution is 2.09. The molecule has 2 heterocycles. The molecule has 0 aromatic carbocycles. The van der Waals surface area contributed by atoms with Crippen molar-refractivity contribution in [3.63, 3.8) is 0 Å². The summed E-state index contributed by atoms with van der Waals surface area (Å²) in [5.41, 5.74) is 1.60. The van der Waals surface area contributed by atoms with Crippen LogP contribution in [-0.2, 0) is 6.42 Å². The van der Waals surface area contributed by atoms with Crippen molar-refractivity contribution < 1.29 is 4.79 Å². The van der Waals surface area contributed by atoms with Crippen LogP contribution in [0.3, 0.4) is 0 Å². The van der Waals surface area contributed by atoms with E-state index >= 15 is 0 Å². The van der Waals surface area contributed by atoms with Gasteiger partial charge in [-0.15, -0.1) is 0 Å². The normalized spacial score (nSPS) is 9.80. The molecule has 5 heteroatoms. The summed E-state index contributed by atoms with van der Waals surface area (Å²) in [6.45, 7) is 0.537. The van der Waals surface area contributed by atoms with Gasteiger partial charge in [0, 0.05) is 44.3 Å². The van der Waals surface area contributed by atoms with E-state index in [0.717, 1.165) is 5.69 Å². The second kappa shape index (κ2) is 6.43. The Labute approximate surface area is 117 Å². The minimum atomic E-state index is -0.203. The summed E-state index contributed by atoms with van der Waals surface area (Å²) in [5, 5.41) is 9.00. The van der Waals surface area contributed by atoms with Gasteiger partial charge in [-0.2, -0.15) is 5.26 Å². The Morgan fingerprint density at radius 2 is 2.20 bits per heavy atom. The van der Waals surface area contributed by atoms with E-state index in [0.29, 0.717) is 24.1 Å². The molecule has 0 aliphatic rings. The lowest BCUT2D eigenvalue weighted by Crippen LogP contribution is -2.29. The molecule has 2 aromatic rings. The summed E-state index contributed by atoms with van der Waals surface area (Å²) < 4.78 is 0. The SMILES string of the molecule is CN(CCc1ccccn1)C(=O)c1cnccc1C#N. The summed E-state index contributed by atoms with van der Waals surface area (Å²) in [6.07, 6.45) is 5.33. The molecule has 0 aliphatic heterocycles. The van der Waals surface area contributed by atoms with Gasteiger partial charge in [0.05, 0.1) is 11.1 Å². The molecular weight excluding hydrogens is 252 g/mol. The average Bonchev–Trinajstić information content (AvgIpc) is 2.52. The maximum atomic E-state index is 12.3. The van der Waals surface area contributed by atoms with Gasteiger partial charge in [0.25, 0.3) is 5.91 Å². The number of likely N-dealkylation sites (N-methyl/N-ethyl adjacent to an activating group) is 1. The summed E-state index contributed by atoms with van der Waals surface area (Å²) in [7, 11) is 1.71. The van der Waals surface area contributed by atoms with E-state index in [4.69, 9.17) is 5.26 Å². The fraction of sp³-hybridized carbons (Fsp3) is 0.200. The van der Waals surface area contributed by atoms with Gasteiger partial charge in [-0.25, -0.2) is 0 Å². The van der Waals surface area contributed by atoms with Crippen LogP contribution in [0.2, 0.25) is 0 Å². The second-order valence-electron chi connectivity index (χ2n) is 4.33. The van der Waals surface area contributed by atoms with E-state index in [1.807, 2.05) is 24.3 Å². The molecule has 0 bridgehead atoms. The molecule has 5 nitrogen and oxygen atoms in total. The lowest BCUT2D eigenvalue weighted by atomic mass is 10.1. The van der Waals surface area contributed by atoms with Crippen molar-refractivity contribution in [1.29, 1.82) is 5.26 Å². The molecular formula is C15H14N4O. The van der Waals surface area contributed by atoms with Crippen LogP contribution in [0, 0.1) is 11.3 Å². The maximum absolute atomic E-state index is 12.3. The number of nitriles is 1. The first-order chi connectivity index (χ1) is 9.72. The first-order valence-electron chi connectivity index (χ1n) is 6.22. The molecule has 0 aliphatic carbocycles. The Morgan fingerprint density at radius 3 is 2.90 bits per heavy atom. The van der Waals surface area contributed by atoms with E-state index in [1.54, 1.807) is 24.2 Å². The van der Waals surface area contributed by atoms with Crippen molar-refractivity contribution in [3.05, 3.63) is 59.7 Å². The van der Waals surface area contributed by atoms with Crippen molar-refractivity contribution in [2.45, 2.75) is 6.42 Å². The van der Waals surface area contributed by atoms with Crippen molar-refractivity contribution in [1.82, 2.24) is 14.9 Å². The van der Waals surface area contributed by atoms with Gasteiger partial charge in [-0.05, 0) is 18.2 Å². The number of pyridine rings is 2. The van der Waals surface area contributed by atoms with Crippen LogP contribution >= 0.6 is 0 Å². The summed E-state index contributed by atoms with van der Waals surface area (Å²) in [5.74, 6) is -0.203. The summed E-state index contributed by atoms with van der Waals surface area (Å²) in [6, 6.07) is 9.24. The topological polar surface area (TPSA) is 69.9 Å². The molecule has 100 valence electrons. The highest BCUT2D eigenvalue weighted by molar-refractivity contribution is 5.96. The van der Waals surface area contributed by atoms with E-state index in [9.17, 15) is 4.79 Å². The van der Waals surface area contributed by atoms with E-state index in [1.165, 1.54) is 12.4 Å². The standard InChI is InChI=1S/C15H14N4O/c1-19(9-6-13-4-2-3-7-18-13)15(20)14-11-17-8-5-12(14)10-16/h2-5,7-8,11H,6,9H2,1H3. The molecule has 0 N–H and O–H groups in total. The Morgan fingerprint density at radius 1 is 1.35 bits per heavy atom. The predicted octanol–water partition coefficient (Wildman–Crippen LogP) is 1.66. The van der Waals surface area contributed by atoms with Gasteiger partial charge < -0.3 is 4.90 Å². The van der Waals surface area contributed by atoms with E-state index in [-0.39, 0.29) is 5.91 Å². The Hall–Kier alpha value is -2.74. The molecule has 0 unspecified atom stereocenters. The van der Waals surface area contributed by atoms with Gasteiger partial charge in [-0.3, -0.25) is 14.8 Å². The van der Waals surface area contributed by atoms with Crippen LogP contribution in [-0.4, -0.2) is 34.4 Å². The summed E-state index contributed by atoms with van der Waals surface area (Å²) in [4.78, 5) is 22.0. The molecule has 0 saturated carbocycles. The minimum Gasteiger partial charge on any atom is -0.341 e. The monoisotopic (exact) mass is 266 g/mol. The Bertz CT molecular complexity index is 634. The number of amides is 1. The molecule has 0 atom stereocenters. The maximum Gasteiger partial charge on any atom is 0.256 e. The predicted molar refractivity (Wildman–Crippen MR) is 73.9 cm³/mol. The number of carbonyl (C=O) groups is 1. The van der Waals surface area contributed by atoms with Gasteiger partial charge in [0.15, 0.2) is 0 Å². The lowest BCUT2D eigenvalue weighted by Gasteiger charge is -2.17. The highest BCUT2D eigenvalue weighted by atomic mass is 16.2. The molecule has 0 radical (unpaired) electrons. The van der Waals surface area contributed by atoms with Crippen LogP contribution in [0.25, 0.3) is 0 Å². The number of nitrogens with zero attached hydrogens (tertiary/aromatic N) is 4. The van der Waals surface area contributed by atoms with Crippen molar-refractivity contribution in [3.8, 4) is 6.07 Å². The van der Waals surface area contributed by atoms with Crippen molar-refractivity contribution in [2.24, 2.45) is 0 Å². The smallest absolute Gasteiger partial charge is 0.256 e. The number of rotatable bonds is 4. The highest BCUT2D eigenvalue weighted by Gasteiger charge is 2.15. The molecule has 20 heavy (non-hydrogen) atoms. The quantitative estimate of drug-likeness (QED) is 0.844. The molecule has 1 amide bonds. The third-order valence-electron chi connectivity index (χ3n) is 2.95. The van der Waals surface area contributed by atoms with Crippen LogP contribution in [0.15, 0.2) is 42.9 Å². The van der Waals surface area contributed by atoms with Crippen LogP contribution < -0.4 is 0 Å².